The van der Waals surface area contributed by atoms with Gasteiger partial charge in [0.05, 0.1) is 6.42 Å². The summed E-state index contributed by atoms with van der Waals surface area (Å²) in [4.78, 5) is 11.1. The van der Waals surface area contributed by atoms with E-state index in [9.17, 15) is 15.0 Å². The molecule has 0 radical (unpaired) electrons. The fraction of sp³-hybridized carbons (Fsp3) is 0.633. The third-order valence-corrected chi connectivity index (χ3v) is 8.01. The summed E-state index contributed by atoms with van der Waals surface area (Å²) in [5.74, 6) is 0.868. The first-order valence-electron chi connectivity index (χ1n) is 13.7. The molecule has 1 aromatic carbocycles. The van der Waals surface area contributed by atoms with E-state index in [0.717, 1.165) is 44.6 Å². The number of carboxylic acids is 1. The second-order valence-corrected chi connectivity index (χ2v) is 10.7. The average Bonchev–Trinajstić information content (AvgIpc) is 3.29. The molecule has 5 nitrogen and oxygen atoms in total. The number of aliphatic hydroxyl groups is 1. The summed E-state index contributed by atoms with van der Waals surface area (Å²) < 4.78 is 0. The van der Waals surface area contributed by atoms with Crippen LogP contribution in [0.2, 0.25) is 0 Å². The topological polar surface area (TPSA) is 104 Å². The van der Waals surface area contributed by atoms with Gasteiger partial charge in [0.1, 0.15) is 5.75 Å². The SMILES string of the molecule is NCCC1=C[C@@H](CCCCCC[C@@H]2C/C(=C/[C@H](CO)CC(=O)O)CC[C@H]2c2ccc(O)cc2)CC1. The van der Waals surface area contributed by atoms with E-state index in [1.807, 2.05) is 6.08 Å². The monoisotopic (exact) mass is 483 g/mol. The molecule has 3 rings (SSSR count). The average molecular weight is 484 g/mol. The van der Waals surface area contributed by atoms with Gasteiger partial charge in [0.2, 0.25) is 0 Å². The van der Waals surface area contributed by atoms with Crippen LogP contribution in [0.25, 0.3) is 0 Å². The van der Waals surface area contributed by atoms with Crippen molar-refractivity contribution in [3.8, 4) is 5.75 Å². The number of allylic oxidation sites excluding steroid dienone is 2. The summed E-state index contributed by atoms with van der Waals surface area (Å²) in [6.07, 6.45) is 18.5. The van der Waals surface area contributed by atoms with Gasteiger partial charge in [0.15, 0.2) is 0 Å². The number of benzene rings is 1. The Morgan fingerprint density at radius 3 is 2.49 bits per heavy atom. The molecule has 0 aromatic heterocycles. The normalized spacial score (nSPS) is 24.5. The molecule has 5 N–H and O–H groups in total. The van der Waals surface area contributed by atoms with Crippen molar-refractivity contribution in [1.29, 1.82) is 0 Å². The van der Waals surface area contributed by atoms with E-state index >= 15 is 0 Å². The van der Waals surface area contributed by atoms with Crippen LogP contribution in [0.1, 0.15) is 95.0 Å². The van der Waals surface area contributed by atoms with Crippen molar-refractivity contribution in [3.63, 3.8) is 0 Å². The molecule has 1 fully saturated rings. The number of hydrogen-bond acceptors (Lipinski definition) is 4. The Morgan fingerprint density at radius 2 is 1.80 bits per heavy atom. The van der Waals surface area contributed by atoms with Crippen LogP contribution >= 0.6 is 0 Å². The number of rotatable bonds is 14. The standard InChI is InChI=1S/C30H45NO4/c31-16-15-23-8-7-22(17-23)5-3-1-2-4-6-27-19-24(18-25(21-32)20-30(34)35)9-14-29(27)26-10-12-28(33)13-11-26/h10-13,17-18,22,25,27,29,32-33H,1-9,14-16,19-21,31H2,(H,34,35)/b24-18+/t22-,25-,27+,29-/m0/s1. The molecule has 0 unspecified atom stereocenters. The second-order valence-electron chi connectivity index (χ2n) is 10.7. The highest BCUT2D eigenvalue weighted by Crippen LogP contribution is 2.43. The van der Waals surface area contributed by atoms with E-state index in [0.29, 0.717) is 17.6 Å². The number of nitrogens with two attached hydrogens (primary N) is 1. The summed E-state index contributed by atoms with van der Waals surface area (Å²) in [6, 6.07) is 7.67. The largest absolute Gasteiger partial charge is 0.508 e. The molecule has 0 saturated heterocycles. The van der Waals surface area contributed by atoms with Crippen LogP contribution < -0.4 is 5.73 Å². The zero-order chi connectivity index (χ0) is 25.0. The Kier molecular flexibility index (Phi) is 11.3. The van der Waals surface area contributed by atoms with Crippen molar-refractivity contribution in [2.24, 2.45) is 23.5 Å². The molecule has 2 aliphatic carbocycles. The lowest BCUT2D eigenvalue weighted by Gasteiger charge is -2.34. The van der Waals surface area contributed by atoms with E-state index in [-0.39, 0.29) is 18.9 Å². The Hall–Kier alpha value is -2.11. The van der Waals surface area contributed by atoms with E-state index < -0.39 is 5.97 Å². The van der Waals surface area contributed by atoms with Crippen molar-refractivity contribution < 1.29 is 20.1 Å². The van der Waals surface area contributed by atoms with Crippen LogP contribution in [0.4, 0.5) is 0 Å². The number of unbranched alkanes of at least 4 members (excludes halogenated alkanes) is 3. The van der Waals surface area contributed by atoms with E-state index in [2.05, 4.69) is 18.2 Å². The number of carbonyl (C=O) groups is 1. The molecule has 1 aromatic rings. The van der Waals surface area contributed by atoms with Crippen LogP contribution in [0, 0.1) is 17.8 Å². The summed E-state index contributed by atoms with van der Waals surface area (Å²) in [5.41, 5.74) is 9.84. The minimum atomic E-state index is -0.862. The molecular formula is C30H45NO4. The lowest BCUT2D eigenvalue weighted by atomic mass is 9.71. The van der Waals surface area contributed by atoms with Crippen molar-refractivity contribution in [2.75, 3.05) is 13.2 Å². The number of aromatic hydroxyl groups is 1. The first-order valence-corrected chi connectivity index (χ1v) is 13.7. The molecular weight excluding hydrogens is 438 g/mol. The Bertz CT molecular complexity index is 844. The van der Waals surface area contributed by atoms with Crippen LogP contribution in [0.15, 0.2) is 47.6 Å². The van der Waals surface area contributed by atoms with Crippen molar-refractivity contribution in [3.05, 3.63) is 53.1 Å². The van der Waals surface area contributed by atoms with Gasteiger partial charge in [-0.15, -0.1) is 0 Å². The van der Waals surface area contributed by atoms with Crippen LogP contribution in [0.5, 0.6) is 5.75 Å². The highest BCUT2D eigenvalue weighted by molar-refractivity contribution is 5.67. The zero-order valence-electron chi connectivity index (χ0n) is 21.2. The third-order valence-electron chi connectivity index (χ3n) is 8.01. The molecule has 35 heavy (non-hydrogen) atoms. The highest BCUT2D eigenvalue weighted by Gasteiger charge is 2.29. The lowest BCUT2D eigenvalue weighted by Crippen LogP contribution is -2.20. The van der Waals surface area contributed by atoms with Crippen molar-refractivity contribution >= 4 is 5.97 Å². The first kappa shape index (κ1) is 27.5. The van der Waals surface area contributed by atoms with Gasteiger partial charge in [-0.2, -0.15) is 0 Å². The first-order chi connectivity index (χ1) is 17.0. The summed E-state index contributed by atoms with van der Waals surface area (Å²) in [7, 11) is 0. The number of carboxylic acid groups (broad SMARTS) is 1. The van der Waals surface area contributed by atoms with Gasteiger partial charge in [0.25, 0.3) is 0 Å². The fourth-order valence-electron chi connectivity index (χ4n) is 6.17. The third kappa shape index (κ3) is 9.12. The Labute approximate surface area is 211 Å². The van der Waals surface area contributed by atoms with Crippen molar-refractivity contribution in [1.82, 2.24) is 0 Å². The van der Waals surface area contributed by atoms with Gasteiger partial charge in [-0.05, 0) is 93.4 Å². The Balaban J connectivity index is 1.51. The van der Waals surface area contributed by atoms with Gasteiger partial charge < -0.3 is 21.1 Å². The van der Waals surface area contributed by atoms with Crippen LogP contribution in [-0.2, 0) is 4.79 Å². The molecule has 0 bridgehead atoms. The van der Waals surface area contributed by atoms with Gasteiger partial charge in [0, 0.05) is 12.5 Å². The molecule has 2 aliphatic rings. The summed E-state index contributed by atoms with van der Waals surface area (Å²) in [6.45, 7) is 0.647. The van der Waals surface area contributed by atoms with Gasteiger partial charge in [-0.3, -0.25) is 4.79 Å². The highest BCUT2D eigenvalue weighted by atomic mass is 16.4. The number of hydrogen-bond donors (Lipinski definition) is 4. The van der Waals surface area contributed by atoms with Gasteiger partial charge in [-0.25, -0.2) is 0 Å². The second kappa shape index (κ2) is 14.4. The Morgan fingerprint density at radius 1 is 1.06 bits per heavy atom. The summed E-state index contributed by atoms with van der Waals surface area (Å²) >= 11 is 0. The van der Waals surface area contributed by atoms with Gasteiger partial charge in [-0.1, -0.05) is 61.1 Å². The molecule has 0 amide bonds. The maximum absolute atomic E-state index is 11.1. The maximum atomic E-state index is 11.1. The number of aliphatic carboxylic acids is 1. The molecule has 0 aliphatic heterocycles. The lowest BCUT2D eigenvalue weighted by molar-refractivity contribution is -0.138. The summed E-state index contributed by atoms with van der Waals surface area (Å²) in [5, 5.41) is 28.5. The number of aliphatic hydroxyl groups excluding tert-OH is 1. The minimum absolute atomic E-state index is 0.0179. The zero-order valence-corrected chi connectivity index (χ0v) is 21.2. The molecule has 5 heteroatoms. The van der Waals surface area contributed by atoms with E-state index in [1.54, 1.807) is 17.7 Å². The molecule has 0 spiro atoms. The minimum Gasteiger partial charge on any atom is -0.508 e. The van der Waals surface area contributed by atoms with E-state index in [1.165, 1.54) is 56.1 Å². The van der Waals surface area contributed by atoms with Gasteiger partial charge >= 0.3 is 5.97 Å². The smallest absolute Gasteiger partial charge is 0.304 e. The predicted molar refractivity (Wildman–Crippen MR) is 141 cm³/mol. The van der Waals surface area contributed by atoms with Crippen LogP contribution in [0.3, 0.4) is 0 Å². The molecule has 4 atom stereocenters. The number of phenolic OH excluding ortho intramolecular Hbond substituents is 1. The molecule has 1 saturated carbocycles. The van der Waals surface area contributed by atoms with Crippen molar-refractivity contribution in [2.45, 2.75) is 89.4 Å². The molecule has 0 heterocycles. The maximum Gasteiger partial charge on any atom is 0.304 e. The molecule has 194 valence electrons. The fourth-order valence-corrected chi connectivity index (χ4v) is 6.17. The quantitative estimate of drug-likeness (QED) is 0.183. The van der Waals surface area contributed by atoms with E-state index in [4.69, 9.17) is 10.8 Å². The van der Waals surface area contributed by atoms with Crippen LogP contribution in [-0.4, -0.2) is 34.4 Å². The number of phenols is 1. The predicted octanol–water partition coefficient (Wildman–Crippen LogP) is 6.31.